The molecule has 0 fully saturated rings. The summed E-state index contributed by atoms with van der Waals surface area (Å²) in [6, 6.07) is 4.13. The number of nitrogens with one attached hydrogen (secondary N) is 1. The molecule has 0 aromatic heterocycles. The fourth-order valence-electron chi connectivity index (χ4n) is 1.55. The molecule has 5 heteroatoms. The predicted octanol–water partition coefficient (Wildman–Crippen LogP) is 4.60. The minimum absolute atomic E-state index is 0.419. The van der Waals surface area contributed by atoms with E-state index in [-0.39, 0.29) is 0 Å². The largest absolute Gasteiger partial charge is 0.334 e. The summed E-state index contributed by atoms with van der Waals surface area (Å²) in [5.41, 5.74) is 1.81. The summed E-state index contributed by atoms with van der Waals surface area (Å²) in [7, 11) is 0. The first-order chi connectivity index (χ1) is 8.10. The van der Waals surface area contributed by atoms with Crippen molar-refractivity contribution in [2.24, 2.45) is 4.99 Å². The van der Waals surface area contributed by atoms with Crippen LogP contribution < -0.4 is 5.32 Å². The summed E-state index contributed by atoms with van der Waals surface area (Å²) in [4.78, 5) is 4.56. The standard InChI is InChI=1S/C12H14Cl2N2S/c1-3-8-6-17-12(15-8)16-11-5-9(13)7(2)4-10(11)14/h4-5,8H,3,6H2,1-2H3,(H,15,16). The van der Waals surface area contributed by atoms with Crippen molar-refractivity contribution in [3.63, 3.8) is 0 Å². The van der Waals surface area contributed by atoms with Crippen molar-refractivity contribution in [3.8, 4) is 0 Å². The minimum Gasteiger partial charge on any atom is -0.334 e. The van der Waals surface area contributed by atoms with Crippen molar-refractivity contribution in [2.75, 3.05) is 11.1 Å². The molecule has 1 atom stereocenters. The van der Waals surface area contributed by atoms with Gasteiger partial charge in [0.1, 0.15) is 0 Å². The van der Waals surface area contributed by atoms with Gasteiger partial charge in [0.25, 0.3) is 0 Å². The van der Waals surface area contributed by atoms with Gasteiger partial charge in [0.2, 0.25) is 0 Å². The maximum Gasteiger partial charge on any atom is 0.161 e. The first-order valence-electron chi connectivity index (χ1n) is 5.53. The molecule has 1 aromatic rings. The molecule has 0 saturated heterocycles. The quantitative estimate of drug-likeness (QED) is 0.860. The van der Waals surface area contributed by atoms with E-state index in [1.54, 1.807) is 11.8 Å². The number of hydrogen-bond donors (Lipinski definition) is 1. The molecule has 1 heterocycles. The van der Waals surface area contributed by atoms with E-state index in [2.05, 4.69) is 17.2 Å². The molecule has 2 nitrogen and oxygen atoms in total. The summed E-state index contributed by atoms with van der Waals surface area (Å²) in [5, 5.41) is 5.56. The summed E-state index contributed by atoms with van der Waals surface area (Å²) >= 11 is 14.0. The molecular weight excluding hydrogens is 275 g/mol. The van der Waals surface area contributed by atoms with Crippen LogP contribution in [0.3, 0.4) is 0 Å². The monoisotopic (exact) mass is 288 g/mol. The second kappa shape index (κ2) is 5.51. The maximum absolute atomic E-state index is 6.16. The summed E-state index contributed by atoms with van der Waals surface area (Å²) < 4.78 is 0. The smallest absolute Gasteiger partial charge is 0.161 e. The molecule has 0 saturated carbocycles. The molecule has 0 radical (unpaired) electrons. The molecule has 1 aliphatic heterocycles. The molecule has 1 aliphatic rings. The van der Waals surface area contributed by atoms with Crippen LogP contribution in [0.15, 0.2) is 17.1 Å². The van der Waals surface area contributed by atoms with Crippen LogP contribution in [0.1, 0.15) is 18.9 Å². The Labute approximate surface area is 116 Å². The van der Waals surface area contributed by atoms with E-state index in [1.165, 1.54) is 0 Å². The molecule has 0 spiro atoms. The van der Waals surface area contributed by atoms with E-state index in [9.17, 15) is 0 Å². The van der Waals surface area contributed by atoms with Gasteiger partial charge < -0.3 is 5.32 Å². The van der Waals surface area contributed by atoms with Crippen LogP contribution in [-0.4, -0.2) is 17.0 Å². The molecule has 1 N–H and O–H groups in total. The Morgan fingerprint density at radius 2 is 2.18 bits per heavy atom. The Balaban J connectivity index is 2.17. The topological polar surface area (TPSA) is 24.4 Å². The number of rotatable bonds is 2. The number of hydrogen-bond acceptors (Lipinski definition) is 3. The van der Waals surface area contributed by atoms with Gasteiger partial charge in [0.15, 0.2) is 5.17 Å². The van der Waals surface area contributed by atoms with Gasteiger partial charge in [0, 0.05) is 10.8 Å². The van der Waals surface area contributed by atoms with Crippen molar-refractivity contribution in [1.82, 2.24) is 0 Å². The van der Waals surface area contributed by atoms with Crippen LogP contribution in [0.2, 0.25) is 10.0 Å². The number of aryl methyl sites for hydroxylation is 1. The lowest BCUT2D eigenvalue weighted by Gasteiger charge is -2.09. The molecule has 1 unspecified atom stereocenters. The third-order valence-electron chi connectivity index (χ3n) is 2.67. The zero-order valence-corrected chi connectivity index (χ0v) is 12.1. The van der Waals surface area contributed by atoms with E-state index in [1.807, 2.05) is 19.1 Å². The second-order valence-electron chi connectivity index (χ2n) is 4.01. The fourth-order valence-corrected chi connectivity index (χ4v) is 3.05. The van der Waals surface area contributed by atoms with E-state index in [4.69, 9.17) is 23.2 Å². The van der Waals surface area contributed by atoms with Gasteiger partial charge in [-0.1, -0.05) is 41.9 Å². The molecule has 0 aliphatic carbocycles. The number of thioether (sulfide) groups is 1. The van der Waals surface area contributed by atoms with Crippen LogP contribution in [0.5, 0.6) is 0 Å². The highest BCUT2D eigenvalue weighted by molar-refractivity contribution is 8.14. The fraction of sp³-hybridized carbons (Fsp3) is 0.417. The van der Waals surface area contributed by atoms with E-state index >= 15 is 0 Å². The molecular formula is C12H14Cl2N2S. The molecule has 1 aromatic carbocycles. The number of amidine groups is 1. The Morgan fingerprint density at radius 3 is 2.82 bits per heavy atom. The van der Waals surface area contributed by atoms with Gasteiger partial charge in [-0.05, 0) is 31.0 Å². The van der Waals surface area contributed by atoms with Crippen LogP contribution in [0, 0.1) is 6.92 Å². The lowest BCUT2D eigenvalue weighted by atomic mass is 10.2. The van der Waals surface area contributed by atoms with Crippen LogP contribution in [-0.2, 0) is 0 Å². The average Bonchev–Trinajstić information content (AvgIpc) is 2.73. The lowest BCUT2D eigenvalue weighted by Crippen LogP contribution is -2.06. The second-order valence-corrected chi connectivity index (χ2v) is 5.84. The molecule has 0 amide bonds. The van der Waals surface area contributed by atoms with Crippen LogP contribution in [0.4, 0.5) is 5.69 Å². The molecule has 0 bridgehead atoms. The Kier molecular flexibility index (Phi) is 4.23. The number of halogens is 2. The number of aliphatic imine (C=N–C) groups is 1. The van der Waals surface area contributed by atoms with E-state index in [0.717, 1.165) is 28.6 Å². The number of anilines is 1. The number of nitrogens with zero attached hydrogens (tertiary/aromatic N) is 1. The van der Waals surface area contributed by atoms with Crippen molar-refractivity contribution in [2.45, 2.75) is 26.3 Å². The van der Waals surface area contributed by atoms with Crippen LogP contribution in [0.25, 0.3) is 0 Å². The highest BCUT2D eigenvalue weighted by atomic mass is 35.5. The number of benzene rings is 1. The van der Waals surface area contributed by atoms with E-state index in [0.29, 0.717) is 16.1 Å². The molecule has 2 rings (SSSR count). The van der Waals surface area contributed by atoms with Gasteiger partial charge in [-0.15, -0.1) is 0 Å². The maximum atomic E-state index is 6.16. The van der Waals surface area contributed by atoms with Crippen molar-refractivity contribution >= 4 is 45.8 Å². The third kappa shape index (κ3) is 3.09. The Bertz CT molecular complexity index is 460. The Morgan fingerprint density at radius 1 is 1.41 bits per heavy atom. The SMILES string of the molecule is CCC1CSC(Nc2cc(Cl)c(C)cc2Cl)=N1. The first-order valence-corrected chi connectivity index (χ1v) is 7.27. The summed E-state index contributed by atoms with van der Waals surface area (Å²) in [6.45, 7) is 4.08. The normalized spacial score (nSPS) is 19.3. The summed E-state index contributed by atoms with van der Waals surface area (Å²) in [6.07, 6.45) is 1.07. The van der Waals surface area contributed by atoms with Gasteiger partial charge >= 0.3 is 0 Å². The van der Waals surface area contributed by atoms with Gasteiger partial charge in [-0.3, -0.25) is 4.99 Å². The minimum atomic E-state index is 0.419. The van der Waals surface area contributed by atoms with Crippen molar-refractivity contribution in [1.29, 1.82) is 0 Å². The highest BCUT2D eigenvalue weighted by Gasteiger charge is 2.17. The first kappa shape index (κ1) is 13.1. The highest BCUT2D eigenvalue weighted by Crippen LogP contribution is 2.30. The average molecular weight is 289 g/mol. The summed E-state index contributed by atoms with van der Waals surface area (Å²) in [5.74, 6) is 1.04. The van der Waals surface area contributed by atoms with Crippen molar-refractivity contribution < 1.29 is 0 Å². The predicted molar refractivity (Wildman–Crippen MR) is 78.8 cm³/mol. The zero-order chi connectivity index (χ0) is 12.4. The van der Waals surface area contributed by atoms with Gasteiger partial charge in [0.05, 0.1) is 16.8 Å². The van der Waals surface area contributed by atoms with Gasteiger partial charge in [-0.25, -0.2) is 0 Å². The molecule has 92 valence electrons. The van der Waals surface area contributed by atoms with E-state index < -0.39 is 0 Å². The Hall–Kier alpha value is -0.380. The van der Waals surface area contributed by atoms with Crippen molar-refractivity contribution in [3.05, 3.63) is 27.7 Å². The third-order valence-corrected chi connectivity index (χ3v) is 4.43. The lowest BCUT2D eigenvalue weighted by molar-refractivity contribution is 0.738. The zero-order valence-electron chi connectivity index (χ0n) is 9.76. The van der Waals surface area contributed by atoms with Crippen LogP contribution >= 0.6 is 35.0 Å². The van der Waals surface area contributed by atoms with Gasteiger partial charge in [-0.2, -0.15) is 0 Å². The molecule has 17 heavy (non-hydrogen) atoms.